The molecule has 0 bridgehead atoms. The van der Waals surface area contributed by atoms with Crippen LogP contribution < -0.4 is 10.6 Å². The number of amides is 2. The zero-order chi connectivity index (χ0) is 29.9. The van der Waals surface area contributed by atoms with Gasteiger partial charge in [-0.15, -0.1) is 0 Å². The third kappa shape index (κ3) is 4.94. The lowest BCUT2D eigenvalue weighted by Crippen LogP contribution is -2.21. The molecule has 1 atom stereocenters. The summed E-state index contributed by atoms with van der Waals surface area (Å²) in [7, 11) is 0. The molecule has 2 aromatic heterocycles. The lowest BCUT2D eigenvalue weighted by molar-refractivity contribution is -0.137. The monoisotopic (exact) mass is 616 g/mol. The van der Waals surface area contributed by atoms with Gasteiger partial charge in [0.25, 0.3) is 11.8 Å². The number of aromatic nitrogens is 2. The van der Waals surface area contributed by atoms with E-state index >= 15 is 0 Å². The molecular weight excluding hydrogens is 602 g/mol. The van der Waals surface area contributed by atoms with Crippen LogP contribution in [0.1, 0.15) is 43.4 Å². The number of nitrogens with one attached hydrogen (secondary N) is 2. The van der Waals surface area contributed by atoms with Gasteiger partial charge in [0.05, 0.1) is 17.8 Å². The average molecular weight is 617 g/mol. The van der Waals surface area contributed by atoms with E-state index in [1.807, 2.05) is 0 Å². The normalized spacial score (nSPS) is 14.6. The van der Waals surface area contributed by atoms with Crippen molar-refractivity contribution >= 4 is 46.4 Å². The smallest absolute Gasteiger partial charge is 0.341 e. The fraction of sp³-hybridized carbons (Fsp3) is 0.0690. The number of hydrogen-bond acceptors (Lipinski definition) is 3. The highest BCUT2D eigenvalue weighted by atomic mass is 35.5. The van der Waals surface area contributed by atoms with Crippen LogP contribution in [-0.4, -0.2) is 21.2 Å². The number of halogens is 7. The first-order valence-corrected chi connectivity index (χ1v) is 12.9. The molecule has 42 heavy (non-hydrogen) atoms. The number of fused-ring (bicyclic) bond motifs is 2. The lowest BCUT2D eigenvalue weighted by Gasteiger charge is -2.19. The van der Waals surface area contributed by atoms with Crippen LogP contribution in [0.3, 0.4) is 0 Å². The average Bonchev–Trinajstić information content (AvgIpc) is 3.48. The third-order valence-electron chi connectivity index (χ3n) is 6.79. The molecule has 0 spiro atoms. The van der Waals surface area contributed by atoms with Gasteiger partial charge in [0.15, 0.2) is 0 Å². The molecule has 13 heteroatoms. The predicted octanol–water partition coefficient (Wildman–Crippen LogP) is 7.69. The van der Waals surface area contributed by atoms with Crippen molar-refractivity contribution in [2.45, 2.75) is 12.2 Å². The van der Waals surface area contributed by atoms with Crippen LogP contribution in [0, 0.1) is 11.6 Å². The Balaban J connectivity index is 1.52. The van der Waals surface area contributed by atoms with Crippen LogP contribution in [0.15, 0.2) is 73.1 Å². The molecule has 6 rings (SSSR count). The van der Waals surface area contributed by atoms with Gasteiger partial charge in [0, 0.05) is 39.2 Å². The van der Waals surface area contributed by atoms with Crippen LogP contribution in [0.25, 0.3) is 16.8 Å². The Kier molecular flexibility index (Phi) is 6.66. The maximum atomic E-state index is 14.2. The number of imidazole rings is 1. The highest BCUT2D eigenvalue weighted by molar-refractivity contribution is 6.31. The Hall–Kier alpha value is -4.48. The van der Waals surface area contributed by atoms with E-state index in [-0.39, 0.29) is 33.5 Å². The maximum Gasteiger partial charge on any atom is 0.416 e. The van der Waals surface area contributed by atoms with Crippen molar-refractivity contribution in [1.82, 2.24) is 14.7 Å². The molecule has 2 N–H and O–H groups in total. The predicted molar refractivity (Wildman–Crippen MR) is 146 cm³/mol. The summed E-state index contributed by atoms with van der Waals surface area (Å²) in [4.78, 5) is 30.6. The third-order valence-corrected chi connectivity index (χ3v) is 7.41. The first-order chi connectivity index (χ1) is 19.9. The van der Waals surface area contributed by atoms with Crippen LogP contribution in [0.5, 0.6) is 0 Å². The van der Waals surface area contributed by atoms with Crippen molar-refractivity contribution in [3.63, 3.8) is 0 Å². The van der Waals surface area contributed by atoms with Crippen molar-refractivity contribution in [2.75, 3.05) is 5.32 Å². The minimum atomic E-state index is -4.90. The van der Waals surface area contributed by atoms with Gasteiger partial charge in [0.1, 0.15) is 22.4 Å². The number of carbonyl (C=O) groups is 2. The van der Waals surface area contributed by atoms with Crippen molar-refractivity contribution in [1.29, 1.82) is 0 Å². The summed E-state index contributed by atoms with van der Waals surface area (Å²) in [5.41, 5.74) is 0.0409. The summed E-state index contributed by atoms with van der Waals surface area (Å²) in [6.45, 7) is 0. The van der Waals surface area contributed by atoms with Crippen molar-refractivity contribution < 1.29 is 31.5 Å². The Bertz CT molecular complexity index is 1940. The van der Waals surface area contributed by atoms with Gasteiger partial charge >= 0.3 is 6.18 Å². The van der Waals surface area contributed by atoms with Gasteiger partial charge in [-0.1, -0.05) is 23.2 Å². The highest BCUT2D eigenvalue weighted by Gasteiger charge is 2.36. The Morgan fingerprint density at radius 3 is 2.50 bits per heavy atom. The van der Waals surface area contributed by atoms with Crippen molar-refractivity contribution in [3.8, 4) is 11.1 Å². The van der Waals surface area contributed by atoms with Crippen LogP contribution in [0.4, 0.5) is 27.6 Å². The number of alkyl halides is 3. The molecule has 1 aliphatic rings. The molecule has 0 saturated carbocycles. The summed E-state index contributed by atoms with van der Waals surface area (Å²) in [5, 5.41) is 5.68. The van der Waals surface area contributed by atoms with E-state index in [0.29, 0.717) is 34.1 Å². The van der Waals surface area contributed by atoms with E-state index in [2.05, 4.69) is 15.6 Å². The molecule has 3 heterocycles. The summed E-state index contributed by atoms with van der Waals surface area (Å²) < 4.78 is 69.9. The van der Waals surface area contributed by atoms with Crippen LogP contribution >= 0.6 is 23.2 Å². The molecule has 5 aromatic rings. The first kappa shape index (κ1) is 27.7. The molecule has 0 aliphatic carbocycles. The molecule has 0 radical (unpaired) electrons. The quantitative estimate of drug-likeness (QED) is 0.203. The number of anilines is 1. The summed E-state index contributed by atoms with van der Waals surface area (Å²) in [5.74, 6) is -3.54. The number of rotatable bonds is 4. The minimum absolute atomic E-state index is 0.00539. The molecule has 2 amide bonds. The van der Waals surface area contributed by atoms with Gasteiger partial charge < -0.3 is 10.6 Å². The SMILES string of the molecule is O=C(Nc1cc(-c2ccc3ncc(Cl)n3c2)cc2c1C(c1cc(F)ccc1Cl)NC2=O)c1cc(F)cc(C(F)(F)F)c1. The minimum Gasteiger partial charge on any atom is -0.341 e. The van der Waals surface area contributed by atoms with Crippen molar-refractivity contribution in [3.05, 3.63) is 123 Å². The van der Waals surface area contributed by atoms with E-state index in [1.165, 1.54) is 18.3 Å². The zero-order valence-electron chi connectivity index (χ0n) is 20.9. The second-order valence-electron chi connectivity index (χ2n) is 9.46. The molecule has 1 unspecified atom stereocenters. The zero-order valence-corrected chi connectivity index (χ0v) is 22.4. The second-order valence-corrected chi connectivity index (χ2v) is 10.3. The summed E-state index contributed by atoms with van der Waals surface area (Å²) >= 11 is 12.5. The van der Waals surface area contributed by atoms with Gasteiger partial charge in [-0.2, -0.15) is 13.2 Å². The van der Waals surface area contributed by atoms with Gasteiger partial charge in [0.2, 0.25) is 0 Å². The van der Waals surface area contributed by atoms with Crippen molar-refractivity contribution in [2.24, 2.45) is 0 Å². The van der Waals surface area contributed by atoms with E-state index in [9.17, 15) is 31.5 Å². The topological polar surface area (TPSA) is 75.5 Å². The summed E-state index contributed by atoms with van der Waals surface area (Å²) in [6, 6.07) is 10.4. The molecule has 6 nitrogen and oxygen atoms in total. The first-order valence-electron chi connectivity index (χ1n) is 12.1. The van der Waals surface area contributed by atoms with Crippen LogP contribution in [0.2, 0.25) is 10.2 Å². The van der Waals surface area contributed by atoms with E-state index < -0.39 is 46.8 Å². The van der Waals surface area contributed by atoms with Crippen LogP contribution in [-0.2, 0) is 6.18 Å². The number of carbonyl (C=O) groups excluding carboxylic acids is 2. The van der Waals surface area contributed by atoms with E-state index in [1.54, 1.807) is 28.8 Å². The van der Waals surface area contributed by atoms with E-state index in [4.69, 9.17) is 23.2 Å². The maximum absolute atomic E-state index is 14.2. The summed E-state index contributed by atoms with van der Waals surface area (Å²) in [6.07, 6.45) is -1.81. The molecule has 3 aromatic carbocycles. The fourth-order valence-corrected chi connectivity index (χ4v) is 5.28. The van der Waals surface area contributed by atoms with Gasteiger partial charge in [-0.25, -0.2) is 13.8 Å². The Morgan fingerprint density at radius 1 is 0.952 bits per heavy atom. The second kappa shape index (κ2) is 10.1. The number of pyridine rings is 1. The molecule has 0 fully saturated rings. The molecule has 0 saturated heterocycles. The Morgan fingerprint density at radius 2 is 1.74 bits per heavy atom. The standard InChI is InChI=1S/C29H15Cl2F5N4O2/c30-21-3-2-17(32)10-19(21)26-25-20(28(42)39-26)7-14(13-1-4-24-37-11-23(31)40(24)12-13)8-22(25)38-27(41)15-5-16(29(34,35)36)9-18(33)6-15/h1-12,26H,(H,38,41)(H,39,42). The van der Waals surface area contributed by atoms with Gasteiger partial charge in [-0.3, -0.25) is 14.0 Å². The largest absolute Gasteiger partial charge is 0.416 e. The van der Waals surface area contributed by atoms with E-state index in [0.717, 1.165) is 12.1 Å². The number of nitrogens with zero attached hydrogens (tertiary/aromatic N) is 2. The highest BCUT2D eigenvalue weighted by Crippen LogP contribution is 2.42. The molecular formula is C29H15Cl2F5N4O2. The lowest BCUT2D eigenvalue weighted by atomic mass is 9.93. The number of hydrogen-bond donors (Lipinski definition) is 2. The Labute approximate surface area is 243 Å². The van der Waals surface area contributed by atoms with Gasteiger partial charge in [-0.05, 0) is 71.8 Å². The molecule has 1 aliphatic heterocycles. The molecule has 212 valence electrons. The fourth-order valence-electron chi connectivity index (χ4n) is 4.87. The number of benzene rings is 3.